The lowest BCUT2D eigenvalue weighted by Gasteiger charge is -2.47. The van der Waals surface area contributed by atoms with Gasteiger partial charge in [0.15, 0.2) is 0 Å². The summed E-state index contributed by atoms with van der Waals surface area (Å²) in [6.45, 7) is 8.12. The van der Waals surface area contributed by atoms with Crippen molar-refractivity contribution in [1.82, 2.24) is 29.5 Å². The largest absolute Gasteiger partial charge is 0.354 e. The minimum Gasteiger partial charge on any atom is -0.354 e. The molecule has 4 rings (SSSR count). The molecule has 30 heavy (non-hydrogen) atoms. The average Bonchev–Trinajstić information content (AvgIpc) is 3.25. The molecule has 2 aromatic rings. The van der Waals surface area contributed by atoms with E-state index in [1.807, 2.05) is 10.6 Å². The molecule has 2 aliphatic heterocycles. The zero-order chi connectivity index (χ0) is 21.1. The van der Waals surface area contributed by atoms with Gasteiger partial charge < -0.3 is 14.5 Å². The first-order chi connectivity index (χ1) is 14.5. The smallest absolute Gasteiger partial charge is 0.251 e. The van der Waals surface area contributed by atoms with Crippen LogP contribution in [0.4, 0.5) is 0 Å². The Labute approximate surface area is 176 Å². The Morgan fingerprint density at radius 3 is 2.80 bits per heavy atom. The van der Waals surface area contributed by atoms with E-state index >= 15 is 0 Å². The molecule has 8 nitrogen and oxygen atoms in total. The summed E-state index contributed by atoms with van der Waals surface area (Å²) in [5.74, 6) is 0.692. The van der Waals surface area contributed by atoms with Crippen LogP contribution in [0.2, 0.25) is 0 Å². The molecule has 8 heteroatoms. The topological polar surface area (TPSA) is 85.1 Å². The van der Waals surface area contributed by atoms with E-state index in [1.165, 1.54) is 5.57 Å². The van der Waals surface area contributed by atoms with Crippen molar-refractivity contribution in [2.75, 3.05) is 26.2 Å². The van der Waals surface area contributed by atoms with E-state index in [4.69, 9.17) is 0 Å². The lowest BCUT2D eigenvalue weighted by atomic mass is 9.78. The molecular formula is C22H30N6O2. The number of allylic oxidation sites excluding steroid dienone is 1. The van der Waals surface area contributed by atoms with E-state index < -0.39 is 0 Å². The van der Waals surface area contributed by atoms with Crippen LogP contribution in [-0.2, 0) is 11.3 Å². The average molecular weight is 411 g/mol. The van der Waals surface area contributed by atoms with Crippen LogP contribution < -0.4 is 10.9 Å². The lowest BCUT2D eigenvalue weighted by Crippen LogP contribution is -2.52. The predicted molar refractivity (Wildman–Crippen MR) is 114 cm³/mol. The van der Waals surface area contributed by atoms with Crippen LogP contribution in [0.5, 0.6) is 0 Å². The molecule has 160 valence electrons. The highest BCUT2D eigenvalue weighted by molar-refractivity contribution is 5.75. The van der Waals surface area contributed by atoms with Gasteiger partial charge in [0.05, 0.1) is 6.04 Å². The number of amides is 1. The number of rotatable bonds is 7. The molecule has 0 saturated carbocycles. The van der Waals surface area contributed by atoms with E-state index in [2.05, 4.69) is 46.4 Å². The molecule has 0 aromatic carbocycles. The monoisotopic (exact) mass is 410 g/mol. The Balaban J connectivity index is 1.48. The fraction of sp³-hybridized carbons (Fsp3) is 0.545. The van der Waals surface area contributed by atoms with Crippen LogP contribution in [0.1, 0.15) is 44.3 Å². The number of carbonyl (C=O) groups excluding carboxylic acids is 1. The van der Waals surface area contributed by atoms with Crippen LogP contribution in [0.3, 0.4) is 0 Å². The number of likely N-dealkylation sites (tertiary alicyclic amines) is 1. The minimum absolute atomic E-state index is 0.0154. The molecule has 3 atom stereocenters. The number of piperidine rings is 1. The van der Waals surface area contributed by atoms with Crippen molar-refractivity contribution in [3.63, 3.8) is 0 Å². The van der Waals surface area contributed by atoms with Gasteiger partial charge in [-0.05, 0) is 32.3 Å². The summed E-state index contributed by atoms with van der Waals surface area (Å²) in [4.78, 5) is 27.6. The van der Waals surface area contributed by atoms with Crippen LogP contribution >= 0.6 is 0 Å². The van der Waals surface area contributed by atoms with E-state index in [1.54, 1.807) is 23.3 Å². The van der Waals surface area contributed by atoms with E-state index in [0.717, 1.165) is 31.7 Å². The molecular weight excluding hydrogens is 380 g/mol. The van der Waals surface area contributed by atoms with Crippen LogP contribution in [0.15, 0.2) is 47.3 Å². The van der Waals surface area contributed by atoms with Gasteiger partial charge in [0, 0.05) is 56.8 Å². The molecule has 2 aromatic heterocycles. The second-order valence-corrected chi connectivity index (χ2v) is 8.67. The number of nitrogens with one attached hydrogen (secondary N) is 1. The van der Waals surface area contributed by atoms with Crippen molar-refractivity contribution in [3.8, 4) is 0 Å². The third-order valence-electron chi connectivity index (χ3n) is 6.20. The van der Waals surface area contributed by atoms with Gasteiger partial charge in [-0.1, -0.05) is 17.7 Å². The SMILES string of the molecule is CC(C)=CCN1C[C@H]2C[C@@H](C1)[C@H](CNC(=O)CCn1cnnc1)n1c2cccc1=O. The van der Waals surface area contributed by atoms with Crippen molar-refractivity contribution in [1.29, 1.82) is 0 Å². The number of pyridine rings is 1. The van der Waals surface area contributed by atoms with Crippen molar-refractivity contribution in [2.24, 2.45) is 5.92 Å². The maximum Gasteiger partial charge on any atom is 0.251 e. The molecule has 1 amide bonds. The number of aromatic nitrogens is 4. The Morgan fingerprint density at radius 1 is 1.23 bits per heavy atom. The highest BCUT2D eigenvalue weighted by Gasteiger charge is 2.40. The van der Waals surface area contributed by atoms with E-state index in [-0.39, 0.29) is 17.5 Å². The minimum atomic E-state index is -0.0199. The van der Waals surface area contributed by atoms with Crippen molar-refractivity contribution in [2.45, 2.75) is 45.2 Å². The van der Waals surface area contributed by atoms with Crippen LogP contribution in [0.25, 0.3) is 0 Å². The van der Waals surface area contributed by atoms with Crippen LogP contribution in [0, 0.1) is 5.92 Å². The number of hydrogen-bond donors (Lipinski definition) is 1. The fourth-order valence-corrected chi connectivity index (χ4v) is 4.73. The van der Waals surface area contributed by atoms with Gasteiger partial charge in [0.2, 0.25) is 5.91 Å². The quantitative estimate of drug-likeness (QED) is 0.701. The van der Waals surface area contributed by atoms with Gasteiger partial charge in [0.25, 0.3) is 5.56 Å². The molecule has 1 fully saturated rings. The van der Waals surface area contributed by atoms with Crippen molar-refractivity contribution >= 4 is 5.91 Å². The second-order valence-electron chi connectivity index (χ2n) is 8.67. The molecule has 2 aliphatic rings. The van der Waals surface area contributed by atoms with Gasteiger partial charge >= 0.3 is 0 Å². The van der Waals surface area contributed by atoms with Gasteiger partial charge in [-0.2, -0.15) is 0 Å². The fourth-order valence-electron chi connectivity index (χ4n) is 4.73. The molecule has 2 bridgehead atoms. The zero-order valence-corrected chi connectivity index (χ0v) is 17.7. The number of nitrogens with zero attached hydrogens (tertiary/aromatic N) is 5. The number of carbonyl (C=O) groups is 1. The third-order valence-corrected chi connectivity index (χ3v) is 6.20. The summed E-state index contributed by atoms with van der Waals surface area (Å²) in [7, 11) is 0. The number of aryl methyl sites for hydroxylation is 1. The third kappa shape index (κ3) is 4.53. The highest BCUT2D eigenvalue weighted by atomic mass is 16.1. The first kappa shape index (κ1) is 20.5. The standard InChI is InChI=1S/C22H30N6O2/c1-16(2)6-8-26-12-17-10-18(13-26)20(28-19(17)4-3-5-22(28)30)11-23-21(29)7-9-27-14-24-25-15-27/h3-6,14-15,17-18,20H,7-13H2,1-2H3,(H,23,29)/t17-,18+,20+/m1/s1. The number of hydrogen-bond acceptors (Lipinski definition) is 5. The lowest BCUT2D eigenvalue weighted by molar-refractivity contribution is -0.121. The summed E-state index contributed by atoms with van der Waals surface area (Å²) in [6, 6.07) is 5.55. The zero-order valence-electron chi connectivity index (χ0n) is 17.7. The van der Waals surface area contributed by atoms with Gasteiger partial charge in [-0.25, -0.2) is 0 Å². The molecule has 0 unspecified atom stereocenters. The Hall–Kier alpha value is -2.74. The molecule has 0 radical (unpaired) electrons. The Morgan fingerprint density at radius 2 is 2.03 bits per heavy atom. The Bertz CT molecular complexity index is 960. The first-order valence-corrected chi connectivity index (χ1v) is 10.7. The van der Waals surface area contributed by atoms with Gasteiger partial charge in [-0.15, -0.1) is 10.2 Å². The van der Waals surface area contributed by atoms with Crippen LogP contribution in [-0.4, -0.2) is 56.3 Å². The summed E-state index contributed by atoms with van der Waals surface area (Å²) >= 11 is 0. The summed E-state index contributed by atoms with van der Waals surface area (Å²) in [5.41, 5.74) is 2.45. The molecule has 0 aliphatic carbocycles. The predicted octanol–water partition coefficient (Wildman–Crippen LogP) is 1.57. The van der Waals surface area contributed by atoms with E-state index in [9.17, 15) is 9.59 Å². The van der Waals surface area contributed by atoms with Crippen molar-refractivity contribution in [3.05, 3.63) is 58.6 Å². The summed E-state index contributed by atoms with van der Waals surface area (Å²) < 4.78 is 3.73. The first-order valence-electron chi connectivity index (χ1n) is 10.7. The molecule has 4 heterocycles. The maximum absolute atomic E-state index is 12.7. The second kappa shape index (κ2) is 8.95. The maximum atomic E-state index is 12.7. The molecule has 1 N–H and O–H groups in total. The highest BCUT2D eigenvalue weighted by Crippen LogP contribution is 2.40. The summed E-state index contributed by atoms with van der Waals surface area (Å²) in [5, 5.41) is 10.6. The molecule has 1 saturated heterocycles. The van der Waals surface area contributed by atoms with Gasteiger partial charge in [0.1, 0.15) is 12.7 Å². The van der Waals surface area contributed by atoms with Crippen molar-refractivity contribution < 1.29 is 4.79 Å². The summed E-state index contributed by atoms with van der Waals surface area (Å²) in [6.07, 6.45) is 6.90. The normalized spacial score (nSPS) is 22.9. The molecule has 0 spiro atoms. The van der Waals surface area contributed by atoms with Gasteiger partial charge in [-0.3, -0.25) is 14.5 Å². The van der Waals surface area contributed by atoms with E-state index in [0.29, 0.717) is 31.3 Å². The number of fused-ring (bicyclic) bond motifs is 4. The Kier molecular flexibility index (Phi) is 6.13.